The lowest BCUT2D eigenvalue weighted by molar-refractivity contribution is -0.167. The van der Waals surface area contributed by atoms with Crippen molar-refractivity contribution in [3.05, 3.63) is 10.6 Å². The number of nitrogens with zero attached hydrogens (tertiary/aromatic N) is 5. The third-order valence-electron chi connectivity index (χ3n) is 3.79. The van der Waals surface area contributed by atoms with Gasteiger partial charge in [-0.1, -0.05) is 23.5 Å². The van der Waals surface area contributed by atoms with E-state index in [4.69, 9.17) is 0 Å². The molecule has 2 aliphatic rings. The first-order valence-corrected chi connectivity index (χ1v) is 8.69. The van der Waals surface area contributed by atoms with Crippen LogP contribution in [-0.4, -0.2) is 63.9 Å². The van der Waals surface area contributed by atoms with Crippen LogP contribution in [0.4, 0.5) is 0 Å². The van der Waals surface area contributed by atoms with Gasteiger partial charge in [0.25, 0.3) is 5.91 Å². The van der Waals surface area contributed by atoms with Gasteiger partial charge in [-0.25, -0.2) is 9.48 Å². The number of carbonyl (C=O) groups is 2. The molecule has 1 aromatic heterocycles. The van der Waals surface area contributed by atoms with Gasteiger partial charge in [-0.15, -0.1) is 5.10 Å². The molecule has 9 nitrogen and oxygen atoms in total. The first kappa shape index (κ1) is 16.3. The molecule has 0 unspecified atom stereocenters. The van der Waals surface area contributed by atoms with Crippen LogP contribution in [0.15, 0.2) is 15.8 Å². The average molecular weight is 357 g/mol. The number of tetrazole rings is 1. The van der Waals surface area contributed by atoms with Crippen LogP contribution in [0.25, 0.3) is 0 Å². The second-order valence-corrected chi connectivity index (χ2v) is 7.93. The molecule has 2 aliphatic heterocycles. The number of aliphatic carboxylic acids is 1. The fraction of sp³-hybridized carbons (Fsp3) is 0.583. The number of fused-ring (bicyclic) bond motifs is 1. The predicted molar refractivity (Wildman–Crippen MR) is 82.3 cm³/mol. The van der Waals surface area contributed by atoms with E-state index in [9.17, 15) is 19.8 Å². The zero-order chi connectivity index (χ0) is 16.8. The minimum absolute atomic E-state index is 0.00174. The van der Waals surface area contributed by atoms with Crippen LogP contribution in [0.3, 0.4) is 0 Å². The zero-order valence-electron chi connectivity index (χ0n) is 12.5. The minimum atomic E-state index is -1.15. The number of rotatable bonds is 6. The molecule has 0 aromatic carbocycles. The summed E-state index contributed by atoms with van der Waals surface area (Å²) in [4.78, 5) is 24.2. The van der Waals surface area contributed by atoms with E-state index in [2.05, 4.69) is 15.5 Å². The van der Waals surface area contributed by atoms with Gasteiger partial charge in [0.1, 0.15) is 10.6 Å². The molecule has 0 radical (unpaired) electrons. The van der Waals surface area contributed by atoms with E-state index in [-0.39, 0.29) is 5.70 Å². The average Bonchev–Trinajstić information content (AvgIpc) is 3.03. The third-order valence-corrected chi connectivity index (χ3v) is 6.35. The summed E-state index contributed by atoms with van der Waals surface area (Å²) in [6, 6.07) is 0. The molecule has 1 amide bonds. The second-order valence-electron chi connectivity index (χ2n) is 5.35. The number of thioether (sulfide) groups is 2. The predicted octanol–water partition coefficient (Wildman–Crippen LogP) is 0.0447. The first-order chi connectivity index (χ1) is 10.9. The molecule has 2 atom stereocenters. The van der Waals surface area contributed by atoms with E-state index in [1.165, 1.54) is 28.4 Å². The Morgan fingerprint density at radius 3 is 2.87 bits per heavy atom. The molecule has 23 heavy (non-hydrogen) atoms. The summed E-state index contributed by atoms with van der Waals surface area (Å²) in [5.41, 5.74) is -0.00174. The van der Waals surface area contributed by atoms with E-state index in [0.29, 0.717) is 22.9 Å². The van der Waals surface area contributed by atoms with Gasteiger partial charge in [-0.2, -0.15) is 0 Å². The highest BCUT2D eigenvalue weighted by Crippen LogP contribution is 2.55. The Morgan fingerprint density at radius 1 is 1.52 bits per heavy atom. The summed E-state index contributed by atoms with van der Waals surface area (Å²) in [5, 5.41) is 31.0. The summed E-state index contributed by atoms with van der Waals surface area (Å²) in [6.45, 7) is 1.68. The maximum Gasteiger partial charge on any atom is 0.353 e. The molecule has 2 N–H and O–H groups in total. The van der Waals surface area contributed by atoms with Gasteiger partial charge < -0.3 is 10.2 Å². The van der Waals surface area contributed by atoms with Crippen molar-refractivity contribution in [2.45, 2.75) is 35.9 Å². The van der Waals surface area contributed by atoms with Gasteiger partial charge in [0, 0.05) is 17.7 Å². The highest BCUT2D eigenvalue weighted by molar-refractivity contribution is 8.04. The number of amides is 1. The lowest BCUT2D eigenvalue weighted by Crippen LogP contribution is -2.69. The molecule has 3 heterocycles. The van der Waals surface area contributed by atoms with Crippen LogP contribution in [-0.2, 0) is 16.6 Å². The molecule has 0 aliphatic carbocycles. The summed E-state index contributed by atoms with van der Waals surface area (Å²) < 4.78 is 1.57. The maximum absolute atomic E-state index is 11.8. The fourth-order valence-electron chi connectivity index (χ4n) is 2.61. The quantitative estimate of drug-likeness (QED) is 0.413. The van der Waals surface area contributed by atoms with E-state index in [1.807, 2.05) is 0 Å². The topological polar surface area (TPSA) is 121 Å². The van der Waals surface area contributed by atoms with Crippen molar-refractivity contribution in [3.8, 4) is 0 Å². The molecular formula is C12H15N5O4S2. The lowest BCUT2D eigenvalue weighted by atomic mass is 9.98. The summed E-state index contributed by atoms with van der Waals surface area (Å²) in [7, 11) is 1.75. The molecule has 1 aromatic rings. The summed E-state index contributed by atoms with van der Waals surface area (Å²) >= 11 is 2.74. The van der Waals surface area contributed by atoms with E-state index in [1.54, 1.807) is 18.7 Å². The number of carbonyl (C=O) groups excluding carboxylic acids is 1. The monoisotopic (exact) mass is 357 g/mol. The standard InChI is InChI=1S/C12H15N5O4S2/c1-12-8(18)9(19)17(12)7(10(20)21)6(23-12)4-3-5-22-11-13-14-15-16(11)2/h8,18H,3-5H2,1-2H3,(H,20,21)/t8-,12+/m0/s1. The maximum atomic E-state index is 11.8. The number of carboxylic acid groups (broad SMARTS) is 1. The summed E-state index contributed by atoms with van der Waals surface area (Å²) in [5.74, 6) is -0.966. The Labute approximate surface area is 140 Å². The molecule has 0 saturated carbocycles. The van der Waals surface area contributed by atoms with Crippen LogP contribution in [0.1, 0.15) is 19.8 Å². The van der Waals surface area contributed by atoms with Crippen molar-refractivity contribution in [1.29, 1.82) is 0 Å². The SMILES string of the molecule is Cn1nnnc1SCCCC1=C(C(=O)O)N2C(=O)[C@H](O)[C@@]2(C)S1. The minimum Gasteiger partial charge on any atom is -0.477 e. The van der Waals surface area contributed by atoms with Crippen LogP contribution < -0.4 is 0 Å². The number of aromatic nitrogens is 4. The Balaban J connectivity index is 1.64. The van der Waals surface area contributed by atoms with E-state index in [0.717, 1.165) is 5.75 Å². The highest BCUT2D eigenvalue weighted by atomic mass is 32.2. The van der Waals surface area contributed by atoms with Crippen LogP contribution in [0.2, 0.25) is 0 Å². The number of aliphatic hydroxyl groups excluding tert-OH is 1. The van der Waals surface area contributed by atoms with Crippen molar-refractivity contribution in [2.75, 3.05) is 5.75 Å². The molecule has 0 spiro atoms. The normalized spacial score (nSPS) is 26.5. The summed E-state index contributed by atoms with van der Waals surface area (Å²) in [6.07, 6.45) is 0.0834. The number of allylic oxidation sites excluding steroid dienone is 1. The Kier molecular flexibility index (Phi) is 4.10. The van der Waals surface area contributed by atoms with Crippen LogP contribution >= 0.6 is 23.5 Å². The van der Waals surface area contributed by atoms with Crippen molar-refractivity contribution in [2.24, 2.45) is 7.05 Å². The first-order valence-electron chi connectivity index (χ1n) is 6.89. The largest absolute Gasteiger partial charge is 0.477 e. The van der Waals surface area contributed by atoms with Crippen LogP contribution in [0.5, 0.6) is 0 Å². The molecule has 11 heteroatoms. The van der Waals surface area contributed by atoms with Crippen molar-refractivity contribution < 1.29 is 19.8 Å². The second kappa shape index (κ2) is 5.80. The fourth-order valence-corrected chi connectivity index (χ4v) is 4.90. The van der Waals surface area contributed by atoms with Crippen molar-refractivity contribution in [1.82, 2.24) is 25.1 Å². The van der Waals surface area contributed by atoms with Crippen molar-refractivity contribution >= 4 is 35.4 Å². The molecule has 1 saturated heterocycles. The van der Waals surface area contributed by atoms with E-state index < -0.39 is 22.9 Å². The van der Waals surface area contributed by atoms with Gasteiger partial charge >= 0.3 is 5.97 Å². The molecule has 124 valence electrons. The number of aryl methyl sites for hydroxylation is 1. The third kappa shape index (κ3) is 2.52. The van der Waals surface area contributed by atoms with Gasteiger partial charge in [0.2, 0.25) is 5.16 Å². The zero-order valence-corrected chi connectivity index (χ0v) is 14.1. The number of carboxylic acids is 1. The number of hydrogen-bond acceptors (Lipinski definition) is 8. The Bertz CT molecular complexity index is 705. The van der Waals surface area contributed by atoms with Gasteiger partial charge in [-0.05, 0) is 30.2 Å². The smallest absolute Gasteiger partial charge is 0.353 e. The number of aliphatic hydroxyl groups is 1. The van der Waals surface area contributed by atoms with Gasteiger partial charge in [-0.3, -0.25) is 9.69 Å². The van der Waals surface area contributed by atoms with Gasteiger partial charge in [0.05, 0.1) is 0 Å². The molecular weight excluding hydrogens is 342 g/mol. The van der Waals surface area contributed by atoms with Crippen LogP contribution in [0, 0.1) is 0 Å². The van der Waals surface area contributed by atoms with Crippen molar-refractivity contribution in [3.63, 3.8) is 0 Å². The van der Waals surface area contributed by atoms with Gasteiger partial charge in [0.15, 0.2) is 6.10 Å². The molecule has 1 fully saturated rings. The number of hydrogen-bond donors (Lipinski definition) is 2. The highest BCUT2D eigenvalue weighted by Gasteiger charge is 2.64. The molecule has 3 rings (SSSR count). The Morgan fingerprint density at radius 2 is 2.26 bits per heavy atom. The Hall–Kier alpha value is -1.59. The molecule has 0 bridgehead atoms. The number of β-lactam (4-membered cyclic amide) rings is 1. The van der Waals surface area contributed by atoms with E-state index >= 15 is 0 Å². The lowest BCUT2D eigenvalue weighted by Gasteiger charge is -2.48.